The highest BCUT2D eigenvalue weighted by molar-refractivity contribution is 5.83. The fraction of sp³-hybridized carbons (Fsp3) is 0.545. The van der Waals surface area contributed by atoms with E-state index < -0.39 is 12.0 Å². The number of aryl methyl sites for hydroxylation is 1. The first-order valence-electron chi connectivity index (χ1n) is 5.52. The monoisotopic (exact) mass is 239 g/mol. The number of carboxylic acids is 1. The Balaban J connectivity index is 3.17. The number of aliphatic carboxylic acids is 1. The lowest BCUT2D eigenvalue weighted by Crippen LogP contribution is -2.38. The minimum absolute atomic E-state index is 0.260. The van der Waals surface area contributed by atoms with Crippen molar-refractivity contribution in [1.82, 2.24) is 14.5 Å². The van der Waals surface area contributed by atoms with Gasteiger partial charge in [0, 0.05) is 20.0 Å². The molecular formula is C11H17N3O3. The molecule has 0 bridgehead atoms. The highest BCUT2D eigenvalue weighted by Crippen LogP contribution is 2.21. The number of hydrogen-bond donors (Lipinski definition) is 1. The Morgan fingerprint density at radius 1 is 1.53 bits per heavy atom. The van der Waals surface area contributed by atoms with Crippen molar-refractivity contribution in [3.05, 3.63) is 18.2 Å². The molecule has 1 N–H and O–H groups in total. The van der Waals surface area contributed by atoms with Crippen LogP contribution in [-0.4, -0.2) is 38.0 Å². The van der Waals surface area contributed by atoms with Crippen LogP contribution in [0.4, 0.5) is 0 Å². The van der Waals surface area contributed by atoms with Crippen molar-refractivity contribution in [1.29, 1.82) is 0 Å². The number of aromatic nitrogens is 2. The zero-order valence-corrected chi connectivity index (χ0v) is 10.3. The van der Waals surface area contributed by atoms with E-state index in [-0.39, 0.29) is 5.91 Å². The van der Waals surface area contributed by atoms with Gasteiger partial charge in [-0.15, -0.1) is 0 Å². The maximum Gasteiger partial charge on any atom is 0.332 e. The molecule has 6 heteroatoms. The second kappa shape index (κ2) is 5.47. The third-order valence-corrected chi connectivity index (χ3v) is 2.66. The molecular weight excluding hydrogens is 222 g/mol. The largest absolute Gasteiger partial charge is 0.479 e. The van der Waals surface area contributed by atoms with E-state index in [1.807, 2.05) is 6.92 Å². The molecule has 1 atom stereocenters. The Bertz CT molecular complexity index is 414. The van der Waals surface area contributed by atoms with Crippen molar-refractivity contribution in [3.8, 4) is 0 Å². The zero-order chi connectivity index (χ0) is 13.0. The van der Waals surface area contributed by atoms with Crippen molar-refractivity contribution in [2.45, 2.75) is 33.4 Å². The molecule has 0 spiro atoms. The fourth-order valence-corrected chi connectivity index (χ4v) is 1.83. The van der Waals surface area contributed by atoms with Gasteiger partial charge in [0.1, 0.15) is 0 Å². The lowest BCUT2D eigenvalue weighted by atomic mass is 10.1. The van der Waals surface area contributed by atoms with Gasteiger partial charge in [-0.3, -0.25) is 4.79 Å². The highest BCUT2D eigenvalue weighted by Gasteiger charge is 2.30. The zero-order valence-electron chi connectivity index (χ0n) is 10.3. The third kappa shape index (κ3) is 2.64. The number of imidazole rings is 1. The Hall–Kier alpha value is -1.85. The first-order chi connectivity index (χ1) is 8.02. The van der Waals surface area contributed by atoms with Gasteiger partial charge in [0.2, 0.25) is 5.91 Å². The molecule has 1 amide bonds. The van der Waals surface area contributed by atoms with Crippen molar-refractivity contribution in [3.63, 3.8) is 0 Å². The smallest absolute Gasteiger partial charge is 0.332 e. The fourth-order valence-electron chi connectivity index (χ4n) is 1.83. The van der Waals surface area contributed by atoms with Gasteiger partial charge in [-0.25, -0.2) is 9.78 Å². The summed E-state index contributed by atoms with van der Waals surface area (Å²) < 4.78 is 1.73. The predicted molar refractivity (Wildman–Crippen MR) is 61.3 cm³/mol. The summed E-state index contributed by atoms with van der Waals surface area (Å²) in [7, 11) is 0. The van der Waals surface area contributed by atoms with Gasteiger partial charge in [-0.05, 0) is 13.8 Å². The lowest BCUT2D eigenvalue weighted by Gasteiger charge is -2.27. The van der Waals surface area contributed by atoms with Crippen molar-refractivity contribution >= 4 is 11.9 Å². The summed E-state index contributed by atoms with van der Waals surface area (Å²) in [5, 5.41) is 9.28. The second-order valence-electron chi connectivity index (χ2n) is 3.65. The number of carbonyl (C=O) groups excluding carboxylic acids is 1. The molecule has 1 rings (SSSR count). The summed E-state index contributed by atoms with van der Waals surface area (Å²) in [6, 6.07) is -0.972. The summed E-state index contributed by atoms with van der Waals surface area (Å²) in [5.41, 5.74) is 0.525. The molecule has 6 nitrogen and oxygen atoms in total. The molecule has 17 heavy (non-hydrogen) atoms. The van der Waals surface area contributed by atoms with Crippen LogP contribution in [0.2, 0.25) is 0 Å². The summed E-state index contributed by atoms with van der Waals surface area (Å²) in [6.45, 7) is 5.99. The van der Waals surface area contributed by atoms with Gasteiger partial charge in [-0.1, -0.05) is 0 Å². The summed E-state index contributed by atoms with van der Waals surface area (Å²) in [6.07, 6.45) is 3.06. The standard InChI is InChI=1S/C11H17N3O3/c1-4-13-7-12-6-9(13)10(11(16)17)14(5-2)8(3)15/h6-7,10H,4-5H2,1-3H3,(H,16,17). The number of hydrogen-bond acceptors (Lipinski definition) is 3. The summed E-state index contributed by atoms with van der Waals surface area (Å²) in [5.74, 6) is -1.30. The molecule has 0 aliphatic carbocycles. The number of rotatable bonds is 5. The molecule has 1 aromatic rings. The molecule has 0 aliphatic heterocycles. The Morgan fingerprint density at radius 2 is 2.18 bits per heavy atom. The van der Waals surface area contributed by atoms with Crippen LogP contribution in [0.3, 0.4) is 0 Å². The molecule has 1 unspecified atom stereocenters. The van der Waals surface area contributed by atoms with Crippen LogP contribution in [-0.2, 0) is 16.1 Å². The van der Waals surface area contributed by atoms with Gasteiger partial charge >= 0.3 is 5.97 Å². The van der Waals surface area contributed by atoms with Crippen LogP contribution >= 0.6 is 0 Å². The topological polar surface area (TPSA) is 75.4 Å². The van der Waals surface area contributed by atoms with Gasteiger partial charge in [0.15, 0.2) is 6.04 Å². The van der Waals surface area contributed by atoms with E-state index in [2.05, 4.69) is 4.98 Å². The van der Waals surface area contributed by atoms with Crippen molar-refractivity contribution in [2.75, 3.05) is 6.54 Å². The number of amides is 1. The molecule has 94 valence electrons. The van der Waals surface area contributed by atoms with Crippen LogP contribution in [0.1, 0.15) is 32.5 Å². The Kier molecular flexibility index (Phi) is 4.25. The maximum atomic E-state index is 11.4. The van der Waals surface area contributed by atoms with E-state index in [0.717, 1.165) is 0 Å². The second-order valence-corrected chi connectivity index (χ2v) is 3.65. The van der Waals surface area contributed by atoms with E-state index in [4.69, 9.17) is 0 Å². The molecule has 0 radical (unpaired) electrons. The highest BCUT2D eigenvalue weighted by atomic mass is 16.4. The summed E-state index contributed by atoms with van der Waals surface area (Å²) >= 11 is 0. The third-order valence-electron chi connectivity index (χ3n) is 2.66. The first-order valence-corrected chi connectivity index (χ1v) is 5.52. The van der Waals surface area contributed by atoms with Gasteiger partial charge in [0.25, 0.3) is 0 Å². The van der Waals surface area contributed by atoms with Crippen LogP contribution in [0.5, 0.6) is 0 Å². The van der Waals surface area contributed by atoms with Gasteiger partial charge < -0.3 is 14.6 Å². The average molecular weight is 239 g/mol. The van der Waals surface area contributed by atoms with E-state index in [1.165, 1.54) is 18.0 Å². The van der Waals surface area contributed by atoms with Crippen LogP contribution in [0, 0.1) is 0 Å². The van der Waals surface area contributed by atoms with Gasteiger partial charge in [0.05, 0.1) is 18.2 Å². The molecule has 0 saturated heterocycles. The van der Waals surface area contributed by atoms with Crippen LogP contribution in [0.25, 0.3) is 0 Å². The molecule has 0 aliphatic rings. The molecule has 1 heterocycles. The van der Waals surface area contributed by atoms with E-state index in [9.17, 15) is 14.7 Å². The van der Waals surface area contributed by atoms with Crippen molar-refractivity contribution < 1.29 is 14.7 Å². The maximum absolute atomic E-state index is 11.4. The SMILES string of the molecule is CCN(C(C)=O)C(C(=O)O)c1cncn1CC. The normalized spacial score (nSPS) is 12.2. The van der Waals surface area contributed by atoms with Crippen LogP contribution in [0.15, 0.2) is 12.5 Å². The number of carboxylic acid groups (broad SMARTS) is 1. The van der Waals surface area contributed by atoms with Crippen molar-refractivity contribution in [2.24, 2.45) is 0 Å². The lowest BCUT2D eigenvalue weighted by molar-refractivity contribution is -0.150. The van der Waals surface area contributed by atoms with E-state index in [0.29, 0.717) is 18.8 Å². The molecule has 0 saturated carbocycles. The first kappa shape index (κ1) is 13.2. The minimum atomic E-state index is -1.04. The molecule has 1 aromatic heterocycles. The van der Waals surface area contributed by atoms with E-state index >= 15 is 0 Å². The van der Waals surface area contributed by atoms with Crippen LogP contribution < -0.4 is 0 Å². The minimum Gasteiger partial charge on any atom is -0.479 e. The van der Waals surface area contributed by atoms with Gasteiger partial charge in [-0.2, -0.15) is 0 Å². The molecule has 0 fully saturated rings. The number of carbonyl (C=O) groups is 2. The predicted octanol–water partition coefficient (Wildman–Crippen LogP) is 0.897. The Labute approximate surface area is 99.9 Å². The molecule has 0 aromatic carbocycles. The summed E-state index contributed by atoms with van der Waals surface area (Å²) in [4.78, 5) is 28.0. The number of nitrogens with zero attached hydrogens (tertiary/aromatic N) is 3. The van der Waals surface area contributed by atoms with E-state index in [1.54, 1.807) is 17.8 Å². The Morgan fingerprint density at radius 3 is 2.59 bits per heavy atom. The average Bonchev–Trinajstić information content (AvgIpc) is 2.71. The quantitative estimate of drug-likeness (QED) is 0.828. The number of likely N-dealkylation sites (N-methyl/N-ethyl adjacent to an activating group) is 1.